The molecule has 3 nitrogen and oxygen atoms in total. The molecule has 5 rings (SSSR count). The van der Waals surface area contributed by atoms with Gasteiger partial charge in [-0.1, -0.05) is 84.9 Å². The van der Waals surface area contributed by atoms with E-state index in [9.17, 15) is 4.79 Å². The third-order valence-electron chi connectivity index (χ3n) is 5.34. The van der Waals surface area contributed by atoms with Crippen molar-refractivity contribution in [3.05, 3.63) is 119 Å². The zero-order valence-corrected chi connectivity index (χ0v) is 18.7. The summed E-state index contributed by atoms with van der Waals surface area (Å²) in [6.07, 6.45) is 0. The van der Waals surface area contributed by atoms with Crippen LogP contribution >= 0.6 is 15.9 Å². The summed E-state index contributed by atoms with van der Waals surface area (Å²) in [6.45, 7) is 0.378. The molecule has 156 valence electrons. The lowest BCUT2D eigenvalue weighted by Gasteiger charge is -2.14. The van der Waals surface area contributed by atoms with Crippen molar-refractivity contribution in [2.75, 3.05) is 0 Å². The Morgan fingerprint density at radius 3 is 2.06 bits per heavy atom. The summed E-state index contributed by atoms with van der Waals surface area (Å²) in [5, 5.41) is 4.00. The van der Waals surface area contributed by atoms with Crippen molar-refractivity contribution >= 4 is 43.4 Å². The quantitative estimate of drug-likeness (QED) is 0.191. The predicted octanol–water partition coefficient (Wildman–Crippen LogP) is 7.55. The lowest BCUT2D eigenvalue weighted by atomic mass is 10.1. The smallest absolute Gasteiger partial charge is 0.344 e. The van der Waals surface area contributed by atoms with Gasteiger partial charge in [-0.2, -0.15) is 0 Å². The Hall–Kier alpha value is -3.63. The van der Waals surface area contributed by atoms with Gasteiger partial charge in [-0.3, -0.25) is 0 Å². The molecule has 5 aromatic rings. The molecule has 0 saturated heterocycles. The van der Waals surface area contributed by atoms with Crippen molar-refractivity contribution in [2.45, 2.75) is 6.61 Å². The molecule has 0 atom stereocenters. The average Bonchev–Trinajstić information content (AvgIpc) is 2.83. The molecule has 0 aliphatic carbocycles. The Bertz CT molecular complexity index is 1430. The lowest BCUT2D eigenvalue weighted by molar-refractivity contribution is 0.0727. The first kappa shape index (κ1) is 20.3. The van der Waals surface area contributed by atoms with E-state index >= 15 is 0 Å². The normalized spacial score (nSPS) is 10.9. The van der Waals surface area contributed by atoms with Gasteiger partial charge in [-0.05, 0) is 61.2 Å². The highest BCUT2D eigenvalue weighted by molar-refractivity contribution is 9.10. The number of halogens is 1. The van der Waals surface area contributed by atoms with Crippen molar-refractivity contribution in [3.8, 4) is 11.5 Å². The van der Waals surface area contributed by atoms with Gasteiger partial charge in [0.05, 0.1) is 5.56 Å². The standard InChI is InChI=1S/C28H19BrO3/c29-27-23-13-7-6-10-20(23)14-15-24(27)28(30)32-26-17-22-12-5-4-11-21(22)16-25(26)31-18-19-8-2-1-3-9-19/h1-17H,18H2. The molecule has 0 aliphatic rings. The Balaban J connectivity index is 1.49. The van der Waals surface area contributed by atoms with Crippen LogP contribution in [-0.2, 0) is 6.61 Å². The van der Waals surface area contributed by atoms with E-state index in [0.29, 0.717) is 28.1 Å². The van der Waals surface area contributed by atoms with Crippen molar-refractivity contribution in [2.24, 2.45) is 0 Å². The number of carbonyl (C=O) groups is 1. The monoisotopic (exact) mass is 482 g/mol. The molecule has 0 bridgehead atoms. The molecule has 0 fully saturated rings. The van der Waals surface area contributed by atoms with Crippen LogP contribution in [0.2, 0.25) is 0 Å². The van der Waals surface area contributed by atoms with E-state index in [4.69, 9.17) is 9.47 Å². The van der Waals surface area contributed by atoms with Crippen LogP contribution in [-0.4, -0.2) is 5.97 Å². The highest BCUT2D eigenvalue weighted by atomic mass is 79.9. The maximum Gasteiger partial charge on any atom is 0.344 e. The minimum atomic E-state index is -0.442. The second-order valence-electron chi connectivity index (χ2n) is 7.46. The van der Waals surface area contributed by atoms with E-state index in [1.165, 1.54) is 0 Å². The first-order chi connectivity index (χ1) is 15.7. The van der Waals surface area contributed by atoms with E-state index in [2.05, 4.69) is 15.9 Å². The molecule has 0 aliphatic heterocycles. The second kappa shape index (κ2) is 8.85. The number of esters is 1. The number of carbonyl (C=O) groups excluding carboxylic acids is 1. The molecule has 0 unspecified atom stereocenters. The molecule has 0 radical (unpaired) electrons. The summed E-state index contributed by atoms with van der Waals surface area (Å²) in [4.78, 5) is 13.1. The largest absolute Gasteiger partial charge is 0.485 e. The van der Waals surface area contributed by atoms with Gasteiger partial charge in [0, 0.05) is 4.47 Å². The topological polar surface area (TPSA) is 35.5 Å². The van der Waals surface area contributed by atoms with Crippen LogP contribution in [0, 0.1) is 0 Å². The number of hydrogen-bond acceptors (Lipinski definition) is 3. The number of ether oxygens (including phenoxy) is 2. The minimum Gasteiger partial charge on any atom is -0.485 e. The second-order valence-corrected chi connectivity index (χ2v) is 8.25. The summed E-state index contributed by atoms with van der Waals surface area (Å²) >= 11 is 3.58. The maximum absolute atomic E-state index is 13.1. The van der Waals surface area contributed by atoms with E-state index < -0.39 is 5.97 Å². The maximum atomic E-state index is 13.1. The minimum absolute atomic E-state index is 0.378. The third-order valence-corrected chi connectivity index (χ3v) is 6.19. The number of fused-ring (bicyclic) bond motifs is 2. The fraction of sp³-hybridized carbons (Fsp3) is 0.0357. The van der Waals surface area contributed by atoms with Gasteiger partial charge in [0.2, 0.25) is 0 Å². The Morgan fingerprint density at radius 2 is 1.31 bits per heavy atom. The van der Waals surface area contributed by atoms with Crippen LogP contribution in [0.25, 0.3) is 21.5 Å². The molecule has 5 aromatic carbocycles. The van der Waals surface area contributed by atoms with E-state index in [1.807, 2.05) is 97.1 Å². The van der Waals surface area contributed by atoms with E-state index in [0.717, 1.165) is 27.1 Å². The molecule has 0 spiro atoms. The average molecular weight is 483 g/mol. The van der Waals surface area contributed by atoms with Gasteiger partial charge in [-0.15, -0.1) is 0 Å². The molecule has 4 heteroatoms. The summed E-state index contributed by atoms with van der Waals surface area (Å²) < 4.78 is 12.7. The first-order valence-corrected chi connectivity index (χ1v) is 11.1. The summed E-state index contributed by atoms with van der Waals surface area (Å²) in [6, 6.07) is 33.2. The van der Waals surface area contributed by atoms with E-state index in [-0.39, 0.29) is 0 Å². The highest BCUT2D eigenvalue weighted by Crippen LogP contribution is 2.35. The third kappa shape index (κ3) is 4.10. The van der Waals surface area contributed by atoms with Gasteiger partial charge in [-0.25, -0.2) is 4.79 Å². The van der Waals surface area contributed by atoms with Crippen LogP contribution in [0.3, 0.4) is 0 Å². The molecule has 32 heavy (non-hydrogen) atoms. The molecule has 0 saturated carbocycles. The Labute approximate surface area is 194 Å². The fourth-order valence-electron chi connectivity index (χ4n) is 3.67. The fourth-order valence-corrected chi connectivity index (χ4v) is 4.33. The highest BCUT2D eigenvalue weighted by Gasteiger charge is 2.18. The summed E-state index contributed by atoms with van der Waals surface area (Å²) in [5.74, 6) is 0.477. The van der Waals surface area contributed by atoms with E-state index in [1.54, 1.807) is 6.07 Å². The summed E-state index contributed by atoms with van der Waals surface area (Å²) in [7, 11) is 0. The number of hydrogen-bond donors (Lipinski definition) is 0. The molecule has 0 aromatic heterocycles. The van der Waals surface area contributed by atoms with Crippen molar-refractivity contribution < 1.29 is 14.3 Å². The molecular formula is C28H19BrO3. The Morgan fingerprint density at radius 1 is 0.688 bits per heavy atom. The SMILES string of the molecule is O=C(Oc1cc2ccccc2cc1OCc1ccccc1)c1ccc2ccccc2c1Br. The van der Waals surface area contributed by atoms with Crippen LogP contribution in [0.4, 0.5) is 0 Å². The zero-order valence-electron chi connectivity index (χ0n) is 17.1. The van der Waals surface area contributed by atoms with Crippen LogP contribution in [0.5, 0.6) is 11.5 Å². The van der Waals surface area contributed by atoms with Crippen molar-refractivity contribution in [1.82, 2.24) is 0 Å². The lowest BCUT2D eigenvalue weighted by Crippen LogP contribution is -2.10. The molecule has 0 heterocycles. The number of rotatable bonds is 5. The van der Waals surface area contributed by atoms with Gasteiger partial charge in [0.15, 0.2) is 11.5 Å². The molecule has 0 N–H and O–H groups in total. The van der Waals surface area contributed by atoms with Crippen LogP contribution in [0.1, 0.15) is 15.9 Å². The predicted molar refractivity (Wildman–Crippen MR) is 131 cm³/mol. The van der Waals surface area contributed by atoms with Crippen LogP contribution in [0.15, 0.2) is 108 Å². The molecule has 0 amide bonds. The van der Waals surface area contributed by atoms with Gasteiger partial charge in [0.25, 0.3) is 0 Å². The Kier molecular flexibility index (Phi) is 5.61. The molecular weight excluding hydrogens is 464 g/mol. The van der Waals surface area contributed by atoms with Gasteiger partial charge < -0.3 is 9.47 Å². The van der Waals surface area contributed by atoms with Crippen molar-refractivity contribution in [3.63, 3.8) is 0 Å². The number of benzene rings is 5. The summed E-state index contributed by atoms with van der Waals surface area (Å²) in [5.41, 5.74) is 1.50. The van der Waals surface area contributed by atoms with Crippen molar-refractivity contribution in [1.29, 1.82) is 0 Å². The first-order valence-electron chi connectivity index (χ1n) is 10.3. The van der Waals surface area contributed by atoms with Crippen LogP contribution < -0.4 is 9.47 Å². The van der Waals surface area contributed by atoms with Gasteiger partial charge in [0.1, 0.15) is 6.61 Å². The van der Waals surface area contributed by atoms with Gasteiger partial charge >= 0.3 is 5.97 Å². The zero-order chi connectivity index (χ0) is 21.9.